The van der Waals surface area contributed by atoms with E-state index >= 15 is 0 Å². The van der Waals surface area contributed by atoms with Crippen molar-refractivity contribution in [1.82, 2.24) is 5.32 Å². The van der Waals surface area contributed by atoms with Crippen LogP contribution in [-0.4, -0.2) is 11.7 Å². The molecule has 5 heteroatoms. The topological polar surface area (TPSA) is 41.5 Å². The molecule has 0 saturated heterocycles. The van der Waals surface area contributed by atoms with Crippen molar-refractivity contribution in [1.29, 1.82) is 0 Å². The smallest absolute Gasteiger partial charge is 0.124 e. The Morgan fingerprint density at radius 3 is 2.26 bits per heavy atom. The number of hydrogen-bond acceptors (Lipinski definition) is 3. The minimum Gasteiger partial charge on any atom is -0.488 e. The largest absolute Gasteiger partial charge is 0.488 e. The van der Waals surface area contributed by atoms with Gasteiger partial charge in [0.2, 0.25) is 0 Å². The van der Waals surface area contributed by atoms with E-state index in [9.17, 15) is 5.11 Å². The fraction of sp³-hybridized carbons (Fsp3) is 0.182. The molecule has 0 fully saturated rings. The fourth-order valence-corrected chi connectivity index (χ4v) is 3.25. The molecule has 27 heavy (non-hydrogen) atoms. The number of benzene rings is 3. The van der Waals surface area contributed by atoms with Gasteiger partial charge in [-0.1, -0.05) is 77.8 Å². The molecule has 0 saturated carbocycles. The van der Waals surface area contributed by atoms with E-state index in [4.69, 9.17) is 27.9 Å². The van der Waals surface area contributed by atoms with E-state index in [1.807, 2.05) is 60.7 Å². The number of para-hydroxylation sites is 1. The highest BCUT2D eigenvalue weighted by molar-refractivity contribution is 6.35. The quantitative estimate of drug-likeness (QED) is 0.531. The van der Waals surface area contributed by atoms with Gasteiger partial charge in [-0.2, -0.15) is 0 Å². The standard InChI is InChI=1S/C22H21Cl2NO2/c23-19-10-6-11-20(24)18(19)15-27-22-12-5-4-9-17(22)13-25-14-21(26)16-7-2-1-3-8-16/h1-12,21,25-26H,13-15H2/t21-/m0/s1. The van der Waals surface area contributed by atoms with E-state index in [1.165, 1.54) is 0 Å². The summed E-state index contributed by atoms with van der Waals surface area (Å²) >= 11 is 12.4. The van der Waals surface area contributed by atoms with Gasteiger partial charge in [-0.3, -0.25) is 0 Å². The third-order valence-electron chi connectivity index (χ3n) is 4.24. The SMILES string of the molecule is O[C@@H](CNCc1ccccc1OCc1c(Cl)cccc1Cl)c1ccccc1. The average Bonchev–Trinajstić information content (AvgIpc) is 2.69. The lowest BCUT2D eigenvalue weighted by Crippen LogP contribution is -2.21. The molecule has 0 aromatic heterocycles. The number of rotatable bonds is 8. The summed E-state index contributed by atoms with van der Waals surface area (Å²) in [6, 6.07) is 22.8. The van der Waals surface area contributed by atoms with Crippen LogP contribution in [0.3, 0.4) is 0 Å². The minimum absolute atomic E-state index is 0.294. The fourth-order valence-electron chi connectivity index (χ4n) is 2.75. The lowest BCUT2D eigenvalue weighted by Gasteiger charge is -2.15. The van der Waals surface area contributed by atoms with Crippen molar-refractivity contribution in [2.24, 2.45) is 0 Å². The molecule has 140 valence electrons. The van der Waals surface area contributed by atoms with Crippen LogP contribution in [0, 0.1) is 0 Å². The first kappa shape index (κ1) is 19.7. The number of aliphatic hydroxyl groups is 1. The summed E-state index contributed by atoms with van der Waals surface area (Å²) in [4.78, 5) is 0. The number of halogens is 2. The molecule has 0 aliphatic heterocycles. The van der Waals surface area contributed by atoms with Crippen LogP contribution in [0.15, 0.2) is 72.8 Å². The molecule has 0 aliphatic carbocycles. The molecule has 1 atom stereocenters. The van der Waals surface area contributed by atoms with Crippen LogP contribution in [0.4, 0.5) is 0 Å². The Morgan fingerprint density at radius 2 is 1.52 bits per heavy atom. The normalized spacial score (nSPS) is 12.0. The Morgan fingerprint density at radius 1 is 0.852 bits per heavy atom. The second-order valence-electron chi connectivity index (χ2n) is 6.15. The Labute approximate surface area is 169 Å². The molecule has 0 heterocycles. The molecular formula is C22H21Cl2NO2. The maximum absolute atomic E-state index is 10.3. The zero-order valence-corrected chi connectivity index (χ0v) is 16.3. The maximum atomic E-state index is 10.3. The molecule has 0 unspecified atom stereocenters. The van der Waals surface area contributed by atoms with E-state index in [1.54, 1.807) is 12.1 Å². The molecular weight excluding hydrogens is 381 g/mol. The first-order valence-corrected chi connectivity index (χ1v) is 9.48. The minimum atomic E-state index is -0.554. The summed E-state index contributed by atoms with van der Waals surface area (Å²) in [5.74, 6) is 0.759. The van der Waals surface area contributed by atoms with E-state index in [0.29, 0.717) is 29.7 Å². The van der Waals surface area contributed by atoms with Crippen LogP contribution in [0.2, 0.25) is 10.0 Å². The van der Waals surface area contributed by atoms with Crippen LogP contribution < -0.4 is 10.1 Å². The third kappa shape index (κ3) is 5.47. The molecule has 0 bridgehead atoms. The number of nitrogens with one attached hydrogen (secondary N) is 1. The molecule has 2 N–H and O–H groups in total. The highest BCUT2D eigenvalue weighted by atomic mass is 35.5. The molecule has 0 amide bonds. The summed E-state index contributed by atoms with van der Waals surface area (Å²) < 4.78 is 5.96. The summed E-state index contributed by atoms with van der Waals surface area (Å²) in [5.41, 5.74) is 2.66. The van der Waals surface area contributed by atoms with Gasteiger partial charge in [0.05, 0.1) is 6.10 Å². The van der Waals surface area contributed by atoms with Crippen molar-refractivity contribution in [3.63, 3.8) is 0 Å². The maximum Gasteiger partial charge on any atom is 0.124 e. The Kier molecular flexibility index (Phi) is 7.13. The Balaban J connectivity index is 1.59. The average molecular weight is 402 g/mol. The molecule has 0 spiro atoms. The van der Waals surface area contributed by atoms with Gasteiger partial charge in [-0.25, -0.2) is 0 Å². The van der Waals surface area contributed by atoms with Gasteiger partial charge in [-0.15, -0.1) is 0 Å². The van der Waals surface area contributed by atoms with Gasteiger partial charge < -0.3 is 15.2 Å². The summed E-state index contributed by atoms with van der Waals surface area (Å²) in [6.45, 7) is 1.33. The first-order chi connectivity index (χ1) is 13.1. The van der Waals surface area contributed by atoms with Crippen LogP contribution in [0.5, 0.6) is 5.75 Å². The van der Waals surface area contributed by atoms with E-state index in [0.717, 1.165) is 22.4 Å². The highest BCUT2D eigenvalue weighted by Crippen LogP contribution is 2.27. The molecule has 0 aliphatic rings. The zero-order chi connectivity index (χ0) is 19.1. The number of aliphatic hydroxyl groups excluding tert-OH is 1. The van der Waals surface area contributed by atoms with Gasteiger partial charge in [-0.05, 0) is 23.8 Å². The zero-order valence-electron chi connectivity index (χ0n) is 14.7. The molecule has 3 rings (SSSR count). The van der Waals surface area contributed by atoms with Crippen LogP contribution in [0.1, 0.15) is 22.8 Å². The van der Waals surface area contributed by atoms with E-state index in [2.05, 4.69) is 5.32 Å². The predicted octanol–water partition coefficient (Wildman–Crippen LogP) is 5.40. The van der Waals surface area contributed by atoms with Crippen molar-refractivity contribution < 1.29 is 9.84 Å². The molecule has 3 aromatic carbocycles. The van der Waals surface area contributed by atoms with Crippen molar-refractivity contribution in [2.75, 3.05) is 6.54 Å². The van der Waals surface area contributed by atoms with Crippen molar-refractivity contribution in [3.8, 4) is 5.75 Å². The molecule has 3 nitrogen and oxygen atoms in total. The van der Waals surface area contributed by atoms with Crippen molar-refractivity contribution in [3.05, 3.63) is 99.5 Å². The number of hydrogen-bond donors (Lipinski definition) is 2. The van der Waals surface area contributed by atoms with E-state index in [-0.39, 0.29) is 0 Å². The second-order valence-corrected chi connectivity index (χ2v) is 6.97. The van der Waals surface area contributed by atoms with Gasteiger partial charge in [0.1, 0.15) is 12.4 Å². The second kappa shape index (κ2) is 9.77. The van der Waals surface area contributed by atoms with Gasteiger partial charge in [0.25, 0.3) is 0 Å². The Hall–Kier alpha value is -2.04. The van der Waals surface area contributed by atoms with Crippen molar-refractivity contribution >= 4 is 23.2 Å². The first-order valence-electron chi connectivity index (χ1n) is 8.72. The lowest BCUT2D eigenvalue weighted by molar-refractivity contribution is 0.174. The van der Waals surface area contributed by atoms with Crippen molar-refractivity contribution in [2.45, 2.75) is 19.3 Å². The summed E-state index contributed by atoms with van der Waals surface area (Å²) in [5, 5.41) is 14.7. The molecule has 0 radical (unpaired) electrons. The van der Waals surface area contributed by atoms with Crippen LogP contribution in [0.25, 0.3) is 0 Å². The predicted molar refractivity (Wildman–Crippen MR) is 110 cm³/mol. The van der Waals surface area contributed by atoms with Crippen LogP contribution >= 0.6 is 23.2 Å². The summed E-state index contributed by atoms with van der Waals surface area (Å²) in [7, 11) is 0. The third-order valence-corrected chi connectivity index (χ3v) is 4.95. The lowest BCUT2D eigenvalue weighted by atomic mass is 10.1. The monoisotopic (exact) mass is 401 g/mol. The van der Waals surface area contributed by atoms with Gasteiger partial charge in [0, 0.05) is 34.3 Å². The van der Waals surface area contributed by atoms with Gasteiger partial charge >= 0.3 is 0 Å². The van der Waals surface area contributed by atoms with Crippen LogP contribution in [-0.2, 0) is 13.2 Å². The Bertz CT molecular complexity index is 851. The summed E-state index contributed by atoms with van der Waals surface area (Å²) in [6.07, 6.45) is -0.554. The number of ether oxygens (including phenoxy) is 1. The van der Waals surface area contributed by atoms with E-state index < -0.39 is 6.10 Å². The highest BCUT2D eigenvalue weighted by Gasteiger charge is 2.10. The molecule has 3 aromatic rings. The van der Waals surface area contributed by atoms with Gasteiger partial charge in [0.15, 0.2) is 0 Å².